The van der Waals surface area contributed by atoms with Crippen LogP contribution in [0.15, 0.2) is 36.4 Å². The maximum atomic E-state index is 10.7. The first-order valence-electron chi connectivity index (χ1n) is 8.01. The molecule has 0 bridgehead atoms. The van der Waals surface area contributed by atoms with Gasteiger partial charge in [-0.2, -0.15) is 0 Å². The Hall–Kier alpha value is -2.60. The molecule has 0 aliphatic rings. The maximum absolute atomic E-state index is 10.7. The van der Waals surface area contributed by atoms with Crippen molar-refractivity contribution >= 4 is 17.6 Å². The zero-order valence-electron chi connectivity index (χ0n) is 14.7. The highest BCUT2D eigenvalue weighted by molar-refractivity contribution is 6.32. The lowest BCUT2D eigenvalue weighted by Crippen LogP contribution is -2.10. The summed E-state index contributed by atoms with van der Waals surface area (Å²) >= 11 is 6.25. The lowest BCUT2D eigenvalue weighted by molar-refractivity contribution is -0.136. The predicted molar refractivity (Wildman–Crippen MR) is 97.9 cm³/mol. The second-order valence-electron chi connectivity index (χ2n) is 5.38. The van der Waals surface area contributed by atoms with E-state index >= 15 is 0 Å². The van der Waals surface area contributed by atoms with Crippen LogP contribution >= 0.6 is 11.6 Å². The van der Waals surface area contributed by atoms with E-state index in [2.05, 4.69) is 0 Å². The van der Waals surface area contributed by atoms with Gasteiger partial charge in [-0.1, -0.05) is 17.7 Å². The minimum atomic E-state index is -0.866. The van der Waals surface area contributed by atoms with Crippen LogP contribution in [0.4, 0.5) is 0 Å². The molecule has 0 spiro atoms. The number of halogens is 1. The standard InChI is InChI=1S/C19H21ClO6/c1-23-14-4-3-5-15(12-14)25-8-9-26-19-16(20)10-13(6-7-18(21)22)11-17(19)24-2/h3-5,10-12H,6-9H2,1-2H3,(H,21,22). The Morgan fingerprint density at radius 1 is 1.04 bits per heavy atom. The minimum absolute atomic E-state index is 0.0219. The second-order valence-corrected chi connectivity index (χ2v) is 5.79. The van der Waals surface area contributed by atoms with Gasteiger partial charge in [0.1, 0.15) is 24.7 Å². The lowest BCUT2D eigenvalue weighted by atomic mass is 10.1. The molecule has 1 N–H and O–H groups in total. The number of aryl methyl sites for hydroxylation is 1. The van der Waals surface area contributed by atoms with Gasteiger partial charge in [0.05, 0.1) is 19.2 Å². The number of rotatable bonds is 10. The molecular weight excluding hydrogens is 360 g/mol. The van der Waals surface area contributed by atoms with Crippen molar-refractivity contribution in [3.63, 3.8) is 0 Å². The van der Waals surface area contributed by atoms with E-state index in [1.165, 1.54) is 7.11 Å². The molecule has 0 saturated heterocycles. The van der Waals surface area contributed by atoms with E-state index in [-0.39, 0.29) is 13.0 Å². The number of carboxylic acid groups (broad SMARTS) is 1. The molecule has 26 heavy (non-hydrogen) atoms. The summed E-state index contributed by atoms with van der Waals surface area (Å²) in [6.07, 6.45) is 0.388. The quantitative estimate of drug-likeness (QED) is 0.631. The molecule has 7 heteroatoms. The highest BCUT2D eigenvalue weighted by atomic mass is 35.5. The molecule has 6 nitrogen and oxygen atoms in total. The van der Waals surface area contributed by atoms with Gasteiger partial charge < -0.3 is 24.1 Å². The number of carboxylic acids is 1. The molecule has 0 aliphatic carbocycles. The van der Waals surface area contributed by atoms with Crippen molar-refractivity contribution in [2.24, 2.45) is 0 Å². The number of methoxy groups -OCH3 is 2. The average molecular weight is 381 g/mol. The van der Waals surface area contributed by atoms with E-state index in [0.29, 0.717) is 41.0 Å². The summed E-state index contributed by atoms with van der Waals surface area (Å²) in [5.41, 5.74) is 0.772. The van der Waals surface area contributed by atoms with Crippen molar-refractivity contribution in [2.45, 2.75) is 12.8 Å². The zero-order valence-corrected chi connectivity index (χ0v) is 15.4. The van der Waals surface area contributed by atoms with Crippen molar-refractivity contribution in [1.82, 2.24) is 0 Å². The molecule has 0 fully saturated rings. The van der Waals surface area contributed by atoms with Crippen LogP contribution in [-0.2, 0) is 11.2 Å². The van der Waals surface area contributed by atoms with Gasteiger partial charge in [0.15, 0.2) is 11.5 Å². The Bertz CT molecular complexity index is 747. The lowest BCUT2D eigenvalue weighted by Gasteiger charge is -2.14. The van der Waals surface area contributed by atoms with E-state index in [0.717, 1.165) is 5.56 Å². The molecule has 0 atom stereocenters. The van der Waals surface area contributed by atoms with Gasteiger partial charge in [0, 0.05) is 12.5 Å². The maximum Gasteiger partial charge on any atom is 0.303 e. The average Bonchev–Trinajstić information content (AvgIpc) is 2.64. The van der Waals surface area contributed by atoms with Crippen LogP contribution < -0.4 is 18.9 Å². The van der Waals surface area contributed by atoms with E-state index in [4.69, 9.17) is 35.7 Å². The first-order valence-corrected chi connectivity index (χ1v) is 8.39. The van der Waals surface area contributed by atoms with Crippen LogP contribution in [0, 0.1) is 0 Å². The summed E-state index contributed by atoms with van der Waals surface area (Å²) in [6, 6.07) is 10.7. The third-order valence-corrected chi connectivity index (χ3v) is 3.84. The van der Waals surface area contributed by atoms with Gasteiger partial charge >= 0.3 is 5.97 Å². The monoisotopic (exact) mass is 380 g/mol. The van der Waals surface area contributed by atoms with Gasteiger partial charge in [-0.15, -0.1) is 0 Å². The van der Waals surface area contributed by atoms with Crippen LogP contribution in [0.5, 0.6) is 23.0 Å². The van der Waals surface area contributed by atoms with E-state index in [1.54, 1.807) is 25.3 Å². The van der Waals surface area contributed by atoms with Gasteiger partial charge in [-0.3, -0.25) is 4.79 Å². The molecule has 2 aromatic carbocycles. The largest absolute Gasteiger partial charge is 0.497 e. The fourth-order valence-electron chi connectivity index (χ4n) is 2.30. The molecule has 0 amide bonds. The van der Waals surface area contributed by atoms with Crippen LogP contribution in [0.2, 0.25) is 5.02 Å². The summed E-state index contributed by atoms with van der Waals surface area (Å²) in [7, 11) is 3.10. The number of carbonyl (C=O) groups is 1. The molecule has 0 aliphatic heterocycles. The topological polar surface area (TPSA) is 74.2 Å². The summed E-state index contributed by atoms with van der Waals surface area (Å²) in [4.78, 5) is 10.7. The Labute approximate surface area is 157 Å². The van der Waals surface area contributed by atoms with Gasteiger partial charge in [-0.25, -0.2) is 0 Å². The zero-order chi connectivity index (χ0) is 18.9. The number of aliphatic carboxylic acids is 1. The van der Waals surface area contributed by atoms with Crippen LogP contribution in [-0.4, -0.2) is 38.5 Å². The Morgan fingerprint density at radius 3 is 2.46 bits per heavy atom. The molecule has 0 aromatic heterocycles. The molecule has 140 valence electrons. The first-order chi connectivity index (χ1) is 12.5. The predicted octanol–water partition coefficient (Wildman–Crippen LogP) is 3.83. The van der Waals surface area contributed by atoms with Gasteiger partial charge in [-0.05, 0) is 36.2 Å². The number of ether oxygens (including phenoxy) is 4. The Kier molecular flexibility index (Phi) is 7.41. The fourth-order valence-corrected chi connectivity index (χ4v) is 2.59. The summed E-state index contributed by atoms with van der Waals surface area (Å²) in [5.74, 6) is 1.39. The molecule has 2 aromatic rings. The Balaban J connectivity index is 1.94. The van der Waals surface area contributed by atoms with Gasteiger partial charge in [0.2, 0.25) is 0 Å². The van der Waals surface area contributed by atoms with E-state index in [9.17, 15) is 4.79 Å². The third kappa shape index (κ3) is 5.74. The highest BCUT2D eigenvalue weighted by Crippen LogP contribution is 2.36. The number of benzene rings is 2. The second kappa shape index (κ2) is 9.77. The summed E-state index contributed by atoms with van der Waals surface area (Å²) in [6.45, 7) is 0.579. The van der Waals surface area contributed by atoms with Crippen molar-refractivity contribution in [3.05, 3.63) is 47.0 Å². The van der Waals surface area contributed by atoms with E-state index in [1.807, 2.05) is 18.2 Å². The van der Waals surface area contributed by atoms with Crippen LogP contribution in [0.3, 0.4) is 0 Å². The highest BCUT2D eigenvalue weighted by Gasteiger charge is 2.13. The molecule has 2 rings (SSSR count). The molecular formula is C19H21ClO6. The normalized spacial score (nSPS) is 10.3. The van der Waals surface area contributed by atoms with Gasteiger partial charge in [0.25, 0.3) is 0 Å². The van der Waals surface area contributed by atoms with Crippen molar-refractivity contribution < 1.29 is 28.8 Å². The van der Waals surface area contributed by atoms with Crippen molar-refractivity contribution in [3.8, 4) is 23.0 Å². The first kappa shape index (κ1) is 19.7. The molecule has 0 radical (unpaired) electrons. The minimum Gasteiger partial charge on any atom is -0.497 e. The summed E-state index contributed by atoms with van der Waals surface area (Å²) in [5, 5.41) is 9.15. The van der Waals surface area contributed by atoms with Crippen LogP contribution in [0.1, 0.15) is 12.0 Å². The smallest absolute Gasteiger partial charge is 0.303 e. The Morgan fingerprint density at radius 2 is 1.77 bits per heavy atom. The van der Waals surface area contributed by atoms with Crippen molar-refractivity contribution in [1.29, 1.82) is 0 Å². The number of hydrogen-bond acceptors (Lipinski definition) is 5. The molecule has 0 unspecified atom stereocenters. The fraction of sp³-hybridized carbons (Fsp3) is 0.316. The summed E-state index contributed by atoms with van der Waals surface area (Å²) < 4.78 is 21.8. The number of hydrogen-bond donors (Lipinski definition) is 1. The van der Waals surface area contributed by atoms with Crippen LogP contribution in [0.25, 0.3) is 0 Å². The third-order valence-electron chi connectivity index (χ3n) is 3.56. The SMILES string of the molecule is COc1cccc(OCCOc2c(Cl)cc(CCC(=O)O)cc2OC)c1. The molecule has 0 heterocycles. The molecule has 0 saturated carbocycles. The van der Waals surface area contributed by atoms with E-state index < -0.39 is 5.97 Å². The van der Waals surface area contributed by atoms with Crippen molar-refractivity contribution in [2.75, 3.05) is 27.4 Å².